The number of rotatable bonds is 6. The Kier molecular flexibility index (Phi) is 4.81. The van der Waals surface area contributed by atoms with E-state index in [1.165, 1.54) is 0 Å². The lowest BCUT2D eigenvalue weighted by atomic mass is 10.0. The van der Waals surface area contributed by atoms with Crippen molar-refractivity contribution in [1.82, 2.24) is 4.57 Å². The average molecular weight is 321 g/mol. The van der Waals surface area contributed by atoms with Gasteiger partial charge in [0.25, 0.3) is 0 Å². The molecule has 2 aromatic carbocycles. The molecular weight excluding hydrogens is 298 g/mol. The Hall–Kier alpha value is -2.39. The number of ether oxygens (including phenoxy) is 1. The van der Waals surface area contributed by atoms with E-state index in [0.29, 0.717) is 6.61 Å². The van der Waals surface area contributed by atoms with E-state index in [1.54, 1.807) is 7.11 Å². The molecule has 0 saturated carbocycles. The summed E-state index contributed by atoms with van der Waals surface area (Å²) in [6.45, 7) is 4.92. The SMILES string of the molecule is COCCC(C)n1c(C)c(C(=O)c2ccccc2)c2ccccc21. The van der Waals surface area contributed by atoms with Gasteiger partial charge in [-0.2, -0.15) is 0 Å². The fourth-order valence-electron chi connectivity index (χ4n) is 3.40. The third-order valence-electron chi connectivity index (χ3n) is 4.60. The topological polar surface area (TPSA) is 31.2 Å². The Bertz CT molecular complexity index is 849. The molecule has 0 amide bonds. The zero-order valence-corrected chi connectivity index (χ0v) is 14.5. The second kappa shape index (κ2) is 7.02. The van der Waals surface area contributed by atoms with Crippen LogP contribution in [0.1, 0.15) is 41.0 Å². The van der Waals surface area contributed by atoms with E-state index < -0.39 is 0 Å². The molecule has 3 heteroatoms. The molecule has 1 atom stereocenters. The van der Waals surface area contributed by atoms with Crippen molar-refractivity contribution in [3.63, 3.8) is 0 Å². The molecule has 0 radical (unpaired) electrons. The molecule has 1 aromatic heterocycles. The minimum Gasteiger partial charge on any atom is -0.385 e. The molecule has 0 aliphatic rings. The number of benzene rings is 2. The smallest absolute Gasteiger partial charge is 0.195 e. The molecule has 0 fully saturated rings. The first-order valence-electron chi connectivity index (χ1n) is 8.33. The molecule has 124 valence electrons. The van der Waals surface area contributed by atoms with Crippen molar-refractivity contribution >= 4 is 16.7 Å². The molecule has 0 aliphatic heterocycles. The molecule has 3 rings (SSSR count). The molecule has 3 nitrogen and oxygen atoms in total. The van der Waals surface area contributed by atoms with Crippen molar-refractivity contribution in [2.24, 2.45) is 0 Å². The van der Waals surface area contributed by atoms with Gasteiger partial charge >= 0.3 is 0 Å². The highest BCUT2D eigenvalue weighted by Gasteiger charge is 2.22. The molecular formula is C21H23NO2. The number of carbonyl (C=O) groups is 1. The first-order valence-corrected chi connectivity index (χ1v) is 8.33. The van der Waals surface area contributed by atoms with Gasteiger partial charge in [-0.05, 0) is 26.3 Å². The van der Waals surface area contributed by atoms with Crippen molar-refractivity contribution in [2.75, 3.05) is 13.7 Å². The number of nitrogens with zero attached hydrogens (tertiary/aromatic N) is 1. The summed E-state index contributed by atoms with van der Waals surface area (Å²) < 4.78 is 7.50. The number of hydrogen-bond acceptors (Lipinski definition) is 2. The van der Waals surface area contributed by atoms with Gasteiger partial charge in [0.05, 0.1) is 5.56 Å². The molecule has 1 unspecified atom stereocenters. The normalized spacial score (nSPS) is 12.5. The van der Waals surface area contributed by atoms with Gasteiger partial charge in [-0.3, -0.25) is 4.79 Å². The van der Waals surface area contributed by atoms with E-state index in [2.05, 4.69) is 17.6 Å². The third kappa shape index (κ3) is 2.87. The van der Waals surface area contributed by atoms with Gasteiger partial charge in [0.15, 0.2) is 5.78 Å². The molecule has 1 heterocycles. The minimum absolute atomic E-state index is 0.0852. The van der Waals surface area contributed by atoms with E-state index in [-0.39, 0.29) is 11.8 Å². The van der Waals surface area contributed by atoms with Crippen LogP contribution >= 0.6 is 0 Å². The Morgan fingerprint density at radius 2 is 1.75 bits per heavy atom. The molecule has 24 heavy (non-hydrogen) atoms. The number of carbonyl (C=O) groups excluding carboxylic acids is 1. The summed E-state index contributed by atoms with van der Waals surface area (Å²) in [6.07, 6.45) is 0.912. The number of aromatic nitrogens is 1. The van der Waals surface area contributed by atoms with Crippen LogP contribution in [0.3, 0.4) is 0 Å². The Labute approximate surface area is 142 Å². The van der Waals surface area contributed by atoms with Crippen LogP contribution in [-0.4, -0.2) is 24.1 Å². The Morgan fingerprint density at radius 3 is 2.46 bits per heavy atom. The summed E-state index contributed by atoms with van der Waals surface area (Å²) in [5, 5.41) is 1.02. The molecule has 3 aromatic rings. The second-order valence-electron chi connectivity index (χ2n) is 6.17. The van der Waals surface area contributed by atoms with Crippen molar-refractivity contribution in [3.05, 3.63) is 71.4 Å². The highest BCUT2D eigenvalue weighted by molar-refractivity contribution is 6.17. The van der Waals surface area contributed by atoms with E-state index in [9.17, 15) is 4.79 Å². The van der Waals surface area contributed by atoms with Crippen LogP contribution in [0.4, 0.5) is 0 Å². The maximum Gasteiger partial charge on any atom is 0.195 e. The van der Waals surface area contributed by atoms with Gasteiger partial charge in [0.2, 0.25) is 0 Å². The number of fused-ring (bicyclic) bond motifs is 1. The Balaban J connectivity index is 2.15. The van der Waals surface area contributed by atoms with Gasteiger partial charge in [-0.15, -0.1) is 0 Å². The van der Waals surface area contributed by atoms with Crippen molar-refractivity contribution in [3.8, 4) is 0 Å². The minimum atomic E-state index is 0.0852. The fourth-order valence-corrected chi connectivity index (χ4v) is 3.40. The van der Waals surface area contributed by atoms with Crippen molar-refractivity contribution in [1.29, 1.82) is 0 Å². The molecule has 0 aliphatic carbocycles. The average Bonchev–Trinajstić information content (AvgIpc) is 2.91. The zero-order valence-electron chi connectivity index (χ0n) is 14.5. The fraction of sp³-hybridized carbons (Fsp3) is 0.286. The quantitative estimate of drug-likeness (QED) is 0.612. The highest BCUT2D eigenvalue weighted by Crippen LogP contribution is 2.31. The number of ketones is 1. The van der Waals surface area contributed by atoms with E-state index in [1.807, 2.05) is 55.5 Å². The summed E-state index contributed by atoms with van der Waals surface area (Å²) in [7, 11) is 1.72. The van der Waals surface area contributed by atoms with Crippen molar-refractivity contribution in [2.45, 2.75) is 26.3 Å². The van der Waals surface area contributed by atoms with E-state index >= 15 is 0 Å². The van der Waals surface area contributed by atoms with Gasteiger partial charge in [0.1, 0.15) is 0 Å². The van der Waals surface area contributed by atoms with E-state index in [4.69, 9.17) is 4.74 Å². The number of methoxy groups -OCH3 is 1. The lowest BCUT2D eigenvalue weighted by molar-refractivity contribution is 0.103. The van der Waals surface area contributed by atoms with Gasteiger partial charge in [-0.1, -0.05) is 48.5 Å². The number of hydrogen-bond donors (Lipinski definition) is 0. The van der Waals surface area contributed by atoms with Crippen LogP contribution in [0.5, 0.6) is 0 Å². The van der Waals surface area contributed by atoms with Crippen LogP contribution < -0.4 is 0 Å². The summed E-state index contributed by atoms with van der Waals surface area (Å²) in [6, 6.07) is 17.9. The Morgan fingerprint density at radius 1 is 1.08 bits per heavy atom. The standard InChI is InChI=1S/C21H23NO2/c1-15(13-14-24-3)22-16(2)20(18-11-7-8-12-19(18)22)21(23)17-9-5-4-6-10-17/h4-12,15H,13-14H2,1-3H3. The van der Waals surface area contributed by atoms with Crippen molar-refractivity contribution < 1.29 is 9.53 Å². The lowest BCUT2D eigenvalue weighted by Crippen LogP contribution is -2.11. The van der Waals surface area contributed by atoms with Gasteiger partial charge in [-0.25, -0.2) is 0 Å². The van der Waals surface area contributed by atoms with Crippen LogP contribution in [0.2, 0.25) is 0 Å². The first kappa shape index (κ1) is 16.5. The third-order valence-corrected chi connectivity index (χ3v) is 4.60. The summed E-state index contributed by atoms with van der Waals surface area (Å²) in [5.41, 5.74) is 3.67. The predicted octanol–water partition coefficient (Wildman–Crippen LogP) is 4.78. The zero-order chi connectivity index (χ0) is 17.1. The first-order chi connectivity index (χ1) is 11.6. The maximum absolute atomic E-state index is 13.1. The van der Waals surface area contributed by atoms with Crippen LogP contribution in [0.15, 0.2) is 54.6 Å². The highest BCUT2D eigenvalue weighted by atomic mass is 16.5. The summed E-state index contributed by atoms with van der Waals surface area (Å²) in [4.78, 5) is 13.1. The largest absolute Gasteiger partial charge is 0.385 e. The predicted molar refractivity (Wildman–Crippen MR) is 97.8 cm³/mol. The molecule has 0 N–H and O–H groups in total. The van der Waals surface area contributed by atoms with Crippen LogP contribution in [0, 0.1) is 6.92 Å². The van der Waals surface area contributed by atoms with Gasteiger partial charge < -0.3 is 9.30 Å². The molecule has 0 bridgehead atoms. The van der Waals surface area contributed by atoms with Gasteiger partial charge in [0, 0.05) is 41.9 Å². The van der Waals surface area contributed by atoms with Crippen LogP contribution in [0.25, 0.3) is 10.9 Å². The summed E-state index contributed by atoms with van der Waals surface area (Å²) >= 11 is 0. The molecule has 0 saturated heterocycles. The number of para-hydroxylation sites is 1. The monoisotopic (exact) mass is 321 g/mol. The lowest BCUT2D eigenvalue weighted by Gasteiger charge is -2.17. The maximum atomic E-state index is 13.1. The second-order valence-corrected chi connectivity index (χ2v) is 6.17. The van der Waals surface area contributed by atoms with Crippen LogP contribution in [-0.2, 0) is 4.74 Å². The van der Waals surface area contributed by atoms with E-state index in [0.717, 1.165) is 34.1 Å². The molecule has 0 spiro atoms. The summed E-state index contributed by atoms with van der Waals surface area (Å²) in [5.74, 6) is 0.0852.